The fourth-order valence-corrected chi connectivity index (χ4v) is 5.84. The quantitative estimate of drug-likeness (QED) is 0.503. The molecule has 1 saturated carbocycles. The Morgan fingerprint density at radius 3 is 2.29 bits per heavy atom. The van der Waals surface area contributed by atoms with Gasteiger partial charge in [0.05, 0.1) is 5.92 Å². The summed E-state index contributed by atoms with van der Waals surface area (Å²) in [6.07, 6.45) is 2.70. The van der Waals surface area contributed by atoms with Crippen molar-refractivity contribution in [2.75, 3.05) is 26.2 Å². The molecule has 3 aliphatic rings. The summed E-state index contributed by atoms with van der Waals surface area (Å²) in [4.78, 5) is 40.4. The van der Waals surface area contributed by atoms with Gasteiger partial charge in [0.2, 0.25) is 11.8 Å². The van der Waals surface area contributed by atoms with Crippen molar-refractivity contribution >= 4 is 17.9 Å². The lowest BCUT2D eigenvalue weighted by molar-refractivity contribution is -0.147. The van der Waals surface area contributed by atoms with Crippen LogP contribution < -0.4 is 5.48 Å². The topological polar surface area (TPSA) is 110 Å². The van der Waals surface area contributed by atoms with Gasteiger partial charge in [-0.05, 0) is 49.5 Å². The molecule has 1 aromatic carbocycles. The normalized spacial score (nSPS) is 30.9. The molecule has 2 saturated heterocycles. The minimum atomic E-state index is -0.905. The van der Waals surface area contributed by atoms with E-state index in [0.717, 1.165) is 19.3 Å². The number of carbonyl (C=O) groups excluding carboxylic acids is 2. The first kappa shape index (κ1) is 21.6. The number of amides is 3. The molecule has 2 aliphatic heterocycles. The molecule has 3 amide bonds. The zero-order valence-electron chi connectivity index (χ0n) is 17.7. The molecule has 3 fully saturated rings. The fraction of sp³-hybridized carbons (Fsp3) is 0.609. The van der Waals surface area contributed by atoms with E-state index in [1.165, 1.54) is 10.5 Å². The average Bonchev–Trinajstić information content (AvgIpc) is 3.49. The third-order valence-corrected chi connectivity index (χ3v) is 7.59. The average molecular weight is 430 g/mol. The van der Waals surface area contributed by atoms with Crippen LogP contribution in [0.3, 0.4) is 0 Å². The molecule has 0 radical (unpaired) electrons. The second-order valence-corrected chi connectivity index (χ2v) is 9.22. The number of hydrogen-bond acceptors (Lipinski definition) is 4. The molecular formula is C23H31N3O5. The summed E-state index contributed by atoms with van der Waals surface area (Å²) in [5.41, 5.74) is 3.00. The zero-order chi connectivity index (χ0) is 22.0. The van der Waals surface area contributed by atoms with Gasteiger partial charge in [0.1, 0.15) is 0 Å². The number of rotatable bonds is 4. The molecular weight excluding hydrogens is 398 g/mol. The highest BCUT2D eigenvalue weighted by molar-refractivity contribution is 5.87. The predicted molar refractivity (Wildman–Crippen MR) is 112 cm³/mol. The molecule has 8 heteroatoms. The van der Waals surface area contributed by atoms with Crippen LogP contribution in [0.1, 0.15) is 43.6 Å². The molecule has 2 heterocycles. The monoisotopic (exact) mass is 429 g/mol. The van der Waals surface area contributed by atoms with E-state index in [0.29, 0.717) is 44.9 Å². The van der Waals surface area contributed by atoms with E-state index in [1.807, 2.05) is 23.1 Å². The molecule has 3 N–H and O–H groups in total. The Labute approximate surface area is 182 Å². The van der Waals surface area contributed by atoms with Crippen LogP contribution in [0, 0.1) is 23.7 Å². The Bertz CT molecular complexity index is 817. The first-order chi connectivity index (χ1) is 15.0. The van der Waals surface area contributed by atoms with Crippen molar-refractivity contribution in [3.8, 4) is 0 Å². The summed E-state index contributed by atoms with van der Waals surface area (Å²) in [6.45, 7) is 2.34. The fourth-order valence-electron chi connectivity index (χ4n) is 5.84. The van der Waals surface area contributed by atoms with Gasteiger partial charge >= 0.3 is 6.09 Å². The summed E-state index contributed by atoms with van der Waals surface area (Å²) >= 11 is 0. The Hall–Kier alpha value is -2.61. The van der Waals surface area contributed by atoms with Crippen molar-refractivity contribution < 1.29 is 24.7 Å². The lowest BCUT2D eigenvalue weighted by Gasteiger charge is -2.38. The number of carbonyl (C=O) groups is 3. The second-order valence-electron chi connectivity index (χ2n) is 9.22. The lowest BCUT2D eigenvalue weighted by atomic mass is 9.69. The van der Waals surface area contributed by atoms with Gasteiger partial charge in [-0.3, -0.25) is 14.8 Å². The highest BCUT2D eigenvalue weighted by Crippen LogP contribution is 2.42. The minimum Gasteiger partial charge on any atom is -0.465 e. The first-order valence-corrected chi connectivity index (χ1v) is 11.2. The number of hydroxylamine groups is 1. The third kappa shape index (κ3) is 4.54. The minimum absolute atomic E-state index is 0.00376. The van der Waals surface area contributed by atoms with Gasteiger partial charge in [-0.25, -0.2) is 10.3 Å². The van der Waals surface area contributed by atoms with Crippen LogP contribution in [-0.2, 0) is 9.59 Å². The number of nitrogens with one attached hydrogen (secondary N) is 1. The van der Waals surface area contributed by atoms with Crippen LogP contribution in [-0.4, -0.2) is 64.2 Å². The maximum Gasteiger partial charge on any atom is 0.407 e. The van der Waals surface area contributed by atoms with Crippen LogP contribution in [0.2, 0.25) is 0 Å². The van der Waals surface area contributed by atoms with Crippen LogP contribution in [0.4, 0.5) is 4.79 Å². The van der Waals surface area contributed by atoms with Gasteiger partial charge in [-0.2, -0.15) is 0 Å². The molecule has 1 unspecified atom stereocenters. The third-order valence-electron chi connectivity index (χ3n) is 7.59. The molecule has 1 aliphatic carbocycles. The number of nitrogens with zero attached hydrogens (tertiary/aromatic N) is 2. The van der Waals surface area contributed by atoms with E-state index in [9.17, 15) is 24.7 Å². The predicted octanol–water partition coefficient (Wildman–Crippen LogP) is 2.54. The number of benzene rings is 1. The van der Waals surface area contributed by atoms with Crippen molar-refractivity contribution in [3.05, 3.63) is 35.9 Å². The van der Waals surface area contributed by atoms with Gasteiger partial charge < -0.3 is 14.9 Å². The molecule has 1 aromatic rings. The standard InChI is InChI=1S/C23H31N3O5/c27-21(24-31)20-12-16(18-9-11-26(14-18)23(29)30)6-7-19(20)22(28)25-10-8-17(13-25)15-4-2-1-3-5-15/h1-5,16-20,31H,6-14H2,(H,24,27)(H,29,30)/t16-,17+,18?,19+,20+/m1/s1. The van der Waals surface area contributed by atoms with E-state index in [-0.39, 0.29) is 17.7 Å². The maximum absolute atomic E-state index is 13.4. The van der Waals surface area contributed by atoms with Crippen LogP contribution in [0.15, 0.2) is 30.3 Å². The Morgan fingerprint density at radius 1 is 0.871 bits per heavy atom. The van der Waals surface area contributed by atoms with E-state index in [4.69, 9.17) is 0 Å². The number of hydrogen-bond donors (Lipinski definition) is 3. The van der Waals surface area contributed by atoms with Crippen LogP contribution >= 0.6 is 0 Å². The van der Waals surface area contributed by atoms with Gasteiger partial charge in [0.25, 0.3) is 0 Å². The summed E-state index contributed by atoms with van der Waals surface area (Å²) in [7, 11) is 0. The molecule has 0 bridgehead atoms. The summed E-state index contributed by atoms with van der Waals surface area (Å²) in [5, 5.41) is 18.5. The van der Waals surface area contributed by atoms with Crippen LogP contribution in [0.5, 0.6) is 0 Å². The van der Waals surface area contributed by atoms with E-state index >= 15 is 0 Å². The Balaban J connectivity index is 1.41. The highest BCUT2D eigenvalue weighted by Gasteiger charge is 2.45. The van der Waals surface area contributed by atoms with Crippen molar-refractivity contribution in [1.82, 2.24) is 15.3 Å². The summed E-state index contributed by atoms with van der Waals surface area (Å²) < 4.78 is 0. The summed E-state index contributed by atoms with van der Waals surface area (Å²) in [5.74, 6) is -0.811. The molecule has 168 valence electrons. The highest BCUT2D eigenvalue weighted by atomic mass is 16.5. The van der Waals surface area contributed by atoms with Crippen molar-refractivity contribution in [3.63, 3.8) is 0 Å². The summed E-state index contributed by atoms with van der Waals surface area (Å²) in [6, 6.07) is 10.2. The Morgan fingerprint density at radius 2 is 1.61 bits per heavy atom. The van der Waals surface area contributed by atoms with Gasteiger partial charge in [0, 0.05) is 38.0 Å². The molecule has 8 nitrogen and oxygen atoms in total. The largest absolute Gasteiger partial charge is 0.465 e. The smallest absolute Gasteiger partial charge is 0.407 e. The molecule has 4 rings (SSSR count). The van der Waals surface area contributed by atoms with E-state index in [1.54, 1.807) is 5.48 Å². The van der Waals surface area contributed by atoms with Gasteiger partial charge in [-0.15, -0.1) is 0 Å². The van der Waals surface area contributed by atoms with Gasteiger partial charge in [-0.1, -0.05) is 30.3 Å². The van der Waals surface area contributed by atoms with Crippen molar-refractivity contribution in [1.29, 1.82) is 0 Å². The molecule has 0 aromatic heterocycles. The molecule has 31 heavy (non-hydrogen) atoms. The lowest BCUT2D eigenvalue weighted by Crippen LogP contribution is -2.46. The zero-order valence-corrected chi connectivity index (χ0v) is 17.7. The van der Waals surface area contributed by atoms with Gasteiger partial charge in [0.15, 0.2) is 0 Å². The van der Waals surface area contributed by atoms with E-state index in [2.05, 4.69) is 12.1 Å². The molecule has 0 spiro atoms. The second kappa shape index (κ2) is 9.26. The number of carboxylic acid groups (broad SMARTS) is 1. The SMILES string of the molecule is O=C(NO)[C@H]1C[C@H](C2CCN(C(=O)O)C2)CC[C@@H]1C(=O)N1CC[C@H](c2ccccc2)C1. The van der Waals surface area contributed by atoms with Crippen molar-refractivity contribution in [2.24, 2.45) is 23.7 Å². The van der Waals surface area contributed by atoms with Crippen LogP contribution in [0.25, 0.3) is 0 Å². The Kier molecular flexibility index (Phi) is 6.46. The molecule has 5 atom stereocenters. The maximum atomic E-state index is 13.4. The van der Waals surface area contributed by atoms with Crippen molar-refractivity contribution in [2.45, 2.75) is 38.0 Å². The van der Waals surface area contributed by atoms with E-state index < -0.39 is 23.8 Å². The first-order valence-electron chi connectivity index (χ1n) is 11.2. The number of likely N-dealkylation sites (tertiary alicyclic amines) is 2.